The number of carbonyl (C=O) groups excluding carboxylic acids is 1. The summed E-state index contributed by atoms with van der Waals surface area (Å²) in [6, 6.07) is 8.02. The van der Waals surface area contributed by atoms with Crippen molar-refractivity contribution in [1.29, 1.82) is 0 Å². The van der Waals surface area contributed by atoms with Crippen LogP contribution in [0.2, 0.25) is 10.0 Å². The van der Waals surface area contributed by atoms with Gasteiger partial charge < -0.3 is 15.2 Å². The number of nitrogens with one attached hydrogen (secondary N) is 2. The summed E-state index contributed by atoms with van der Waals surface area (Å²) < 4.78 is 4.99. The molecule has 0 aliphatic heterocycles. The zero-order valence-corrected chi connectivity index (χ0v) is 14.8. The van der Waals surface area contributed by atoms with Gasteiger partial charge in [0.15, 0.2) is 5.82 Å². The summed E-state index contributed by atoms with van der Waals surface area (Å²) in [7, 11) is 0. The number of hydrogen-bond acceptors (Lipinski definition) is 6. The number of carbonyl (C=O) groups is 1. The van der Waals surface area contributed by atoms with Crippen LogP contribution in [0.3, 0.4) is 0 Å². The number of nitrogens with zero attached hydrogens (tertiary/aromatic N) is 3. The third-order valence-electron chi connectivity index (χ3n) is 3.13. The second kappa shape index (κ2) is 7.08. The Kier molecular flexibility index (Phi) is 4.87. The van der Waals surface area contributed by atoms with Gasteiger partial charge in [-0.1, -0.05) is 28.4 Å². The van der Waals surface area contributed by atoms with Gasteiger partial charge in [0.2, 0.25) is 0 Å². The monoisotopic (exact) mass is 377 g/mol. The Labute approximate surface area is 153 Å². The first kappa shape index (κ1) is 17.2. The average Bonchev–Trinajstić information content (AvgIpc) is 2.94. The van der Waals surface area contributed by atoms with Crippen LogP contribution < -0.4 is 10.6 Å². The summed E-state index contributed by atoms with van der Waals surface area (Å²) in [5, 5.41) is 10.3. The highest BCUT2D eigenvalue weighted by molar-refractivity contribution is 6.36. The van der Waals surface area contributed by atoms with Gasteiger partial charge >= 0.3 is 0 Å². The molecule has 2 N–H and O–H groups in total. The van der Waals surface area contributed by atoms with Crippen molar-refractivity contribution < 1.29 is 9.32 Å². The van der Waals surface area contributed by atoms with Gasteiger partial charge in [0.05, 0.1) is 10.7 Å². The molecule has 3 rings (SSSR count). The summed E-state index contributed by atoms with van der Waals surface area (Å²) in [5.41, 5.74) is 0.621. The number of rotatable bonds is 4. The average molecular weight is 378 g/mol. The standard InChI is InChI=1S/C16H13Cl2N5O2/c1-8-5-15(23-25-8)22-14-7-13(19-9(2)20-14)16(24)21-12-4-3-10(17)6-11(12)18/h3-7H,1-2H3,(H,21,24)(H,19,20,22,23). The van der Waals surface area contributed by atoms with Crippen molar-refractivity contribution in [2.24, 2.45) is 0 Å². The zero-order valence-electron chi connectivity index (χ0n) is 13.3. The minimum atomic E-state index is -0.422. The van der Waals surface area contributed by atoms with Crippen LogP contribution in [-0.2, 0) is 0 Å². The smallest absolute Gasteiger partial charge is 0.274 e. The van der Waals surface area contributed by atoms with E-state index in [0.29, 0.717) is 39.0 Å². The second-order valence-electron chi connectivity index (χ2n) is 5.21. The number of aryl methyl sites for hydroxylation is 2. The molecular weight excluding hydrogens is 365 g/mol. The van der Waals surface area contributed by atoms with E-state index in [2.05, 4.69) is 25.8 Å². The lowest BCUT2D eigenvalue weighted by molar-refractivity contribution is 0.102. The molecule has 25 heavy (non-hydrogen) atoms. The van der Waals surface area contributed by atoms with Crippen molar-refractivity contribution in [3.8, 4) is 0 Å². The molecule has 0 saturated carbocycles. The van der Waals surface area contributed by atoms with E-state index in [1.165, 1.54) is 6.07 Å². The number of benzene rings is 1. The quantitative estimate of drug-likeness (QED) is 0.700. The number of anilines is 3. The van der Waals surface area contributed by atoms with E-state index in [-0.39, 0.29) is 5.69 Å². The molecule has 0 aliphatic rings. The Morgan fingerprint density at radius 3 is 2.56 bits per heavy atom. The predicted octanol–water partition coefficient (Wildman–Crippen LogP) is 4.38. The molecule has 0 radical (unpaired) electrons. The molecule has 0 bridgehead atoms. The fraction of sp³-hybridized carbons (Fsp3) is 0.125. The molecule has 0 unspecified atom stereocenters. The van der Waals surface area contributed by atoms with Crippen molar-refractivity contribution in [2.75, 3.05) is 10.6 Å². The van der Waals surface area contributed by atoms with Gasteiger partial charge in [-0.3, -0.25) is 4.79 Å². The van der Waals surface area contributed by atoms with Crippen molar-refractivity contribution in [3.05, 3.63) is 57.7 Å². The summed E-state index contributed by atoms with van der Waals surface area (Å²) >= 11 is 11.9. The van der Waals surface area contributed by atoms with Gasteiger partial charge in [0.25, 0.3) is 5.91 Å². The largest absolute Gasteiger partial charge is 0.360 e. The molecule has 128 valence electrons. The number of hydrogen-bond donors (Lipinski definition) is 2. The van der Waals surface area contributed by atoms with E-state index < -0.39 is 5.91 Å². The Morgan fingerprint density at radius 2 is 1.88 bits per heavy atom. The van der Waals surface area contributed by atoms with E-state index in [1.54, 1.807) is 38.1 Å². The minimum Gasteiger partial charge on any atom is -0.360 e. The van der Waals surface area contributed by atoms with Crippen LogP contribution in [0.4, 0.5) is 17.3 Å². The Balaban J connectivity index is 1.82. The van der Waals surface area contributed by atoms with E-state index in [1.807, 2.05) is 0 Å². The van der Waals surface area contributed by atoms with E-state index >= 15 is 0 Å². The fourth-order valence-corrected chi connectivity index (χ4v) is 2.54. The first-order valence-electron chi connectivity index (χ1n) is 7.23. The Hall–Kier alpha value is -2.64. The number of amides is 1. The molecule has 0 saturated heterocycles. The van der Waals surface area contributed by atoms with Crippen LogP contribution in [0.15, 0.2) is 34.9 Å². The van der Waals surface area contributed by atoms with Crippen molar-refractivity contribution in [3.63, 3.8) is 0 Å². The maximum Gasteiger partial charge on any atom is 0.274 e. The summed E-state index contributed by atoms with van der Waals surface area (Å²) in [4.78, 5) is 20.8. The topological polar surface area (TPSA) is 92.9 Å². The highest BCUT2D eigenvalue weighted by atomic mass is 35.5. The first-order chi connectivity index (χ1) is 11.9. The SMILES string of the molecule is Cc1nc(Nc2cc(C)on2)cc(C(=O)Nc2ccc(Cl)cc2Cl)n1. The van der Waals surface area contributed by atoms with Crippen LogP contribution in [-0.4, -0.2) is 21.0 Å². The lowest BCUT2D eigenvalue weighted by Crippen LogP contribution is -2.15. The maximum absolute atomic E-state index is 12.5. The van der Waals surface area contributed by atoms with Crippen molar-refractivity contribution >= 4 is 46.4 Å². The van der Waals surface area contributed by atoms with Gasteiger partial charge in [-0.25, -0.2) is 9.97 Å². The lowest BCUT2D eigenvalue weighted by Gasteiger charge is -2.09. The third kappa shape index (κ3) is 4.26. The number of aromatic nitrogens is 3. The zero-order chi connectivity index (χ0) is 18.0. The van der Waals surface area contributed by atoms with Crippen LogP contribution in [0, 0.1) is 13.8 Å². The Morgan fingerprint density at radius 1 is 1.08 bits per heavy atom. The summed E-state index contributed by atoms with van der Waals surface area (Å²) in [5.74, 6) is 1.58. The number of halogens is 2. The van der Waals surface area contributed by atoms with Crippen LogP contribution in [0.5, 0.6) is 0 Å². The molecule has 2 aromatic heterocycles. The van der Waals surface area contributed by atoms with Crippen molar-refractivity contribution in [2.45, 2.75) is 13.8 Å². The molecule has 1 aromatic carbocycles. The minimum absolute atomic E-state index is 0.182. The molecule has 3 aromatic rings. The molecule has 9 heteroatoms. The maximum atomic E-state index is 12.5. The van der Waals surface area contributed by atoms with Crippen LogP contribution in [0.1, 0.15) is 22.1 Å². The highest BCUT2D eigenvalue weighted by Gasteiger charge is 2.13. The molecule has 7 nitrogen and oxygen atoms in total. The molecular formula is C16H13Cl2N5O2. The predicted molar refractivity (Wildman–Crippen MR) is 95.7 cm³/mol. The summed E-state index contributed by atoms with van der Waals surface area (Å²) in [6.07, 6.45) is 0. The molecule has 0 atom stereocenters. The van der Waals surface area contributed by atoms with Crippen LogP contribution >= 0.6 is 23.2 Å². The third-order valence-corrected chi connectivity index (χ3v) is 3.68. The van der Waals surface area contributed by atoms with E-state index in [9.17, 15) is 4.79 Å². The lowest BCUT2D eigenvalue weighted by atomic mass is 10.3. The highest BCUT2D eigenvalue weighted by Crippen LogP contribution is 2.26. The fourth-order valence-electron chi connectivity index (χ4n) is 2.08. The van der Waals surface area contributed by atoms with Gasteiger partial charge in [-0.2, -0.15) is 0 Å². The molecule has 0 aliphatic carbocycles. The van der Waals surface area contributed by atoms with Crippen molar-refractivity contribution in [1.82, 2.24) is 15.1 Å². The molecule has 0 spiro atoms. The second-order valence-corrected chi connectivity index (χ2v) is 6.06. The molecule has 1 amide bonds. The molecule has 0 fully saturated rings. The normalized spacial score (nSPS) is 10.6. The van der Waals surface area contributed by atoms with Gasteiger partial charge in [0.1, 0.15) is 23.1 Å². The van der Waals surface area contributed by atoms with Crippen LogP contribution in [0.25, 0.3) is 0 Å². The Bertz CT molecular complexity index is 942. The van der Waals surface area contributed by atoms with Gasteiger partial charge in [-0.05, 0) is 32.0 Å². The molecule has 2 heterocycles. The first-order valence-corrected chi connectivity index (χ1v) is 7.99. The van der Waals surface area contributed by atoms with E-state index in [4.69, 9.17) is 27.7 Å². The van der Waals surface area contributed by atoms with Gasteiger partial charge in [-0.15, -0.1) is 0 Å². The van der Waals surface area contributed by atoms with E-state index in [0.717, 1.165) is 0 Å². The van der Waals surface area contributed by atoms with Gasteiger partial charge in [0, 0.05) is 17.2 Å². The summed E-state index contributed by atoms with van der Waals surface area (Å²) in [6.45, 7) is 3.46.